The van der Waals surface area contributed by atoms with Crippen LogP contribution in [0.1, 0.15) is 40.0 Å². The van der Waals surface area contributed by atoms with Crippen LogP contribution in [0.5, 0.6) is 0 Å². The fraction of sp³-hybridized carbons (Fsp3) is 0.400. The van der Waals surface area contributed by atoms with Gasteiger partial charge in [-0.05, 0) is 37.6 Å². The average Bonchev–Trinajstić information content (AvgIpc) is 3.03. The first-order valence-electron chi connectivity index (χ1n) is 7.06. The van der Waals surface area contributed by atoms with E-state index in [1.165, 1.54) is 7.05 Å². The molecule has 2 heterocycles. The van der Waals surface area contributed by atoms with Gasteiger partial charge in [0.25, 0.3) is 11.8 Å². The average molecular weight is 287 g/mol. The molecule has 0 aromatic heterocycles. The summed E-state index contributed by atoms with van der Waals surface area (Å²) in [4.78, 5) is 36.7. The molecule has 1 unspecified atom stereocenters. The van der Waals surface area contributed by atoms with Crippen LogP contribution in [0.2, 0.25) is 0 Å². The summed E-state index contributed by atoms with van der Waals surface area (Å²) >= 11 is 0. The number of hydrogen-bond acceptors (Lipinski definition) is 4. The van der Waals surface area contributed by atoms with Crippen LogP contribution in [0.15, 0.2) is 18.2 Å². The minimum Gasteiger partial charge on any atom is -0.326 e. The second-order valence-corrected chi connectivity index (χ2v) is 5.48. The highest BCUT2D eigenvalue weighted by atomic mass is 16.2. The standard InChI is InChI=1S/C15H17N3O3/c1-18-14(20)11-5-4-10(7-12(11)15(18)21)17-13(19)8-9-3-2-6-16-9/h4-5,7,9,16H,2-3,6,8H2,1H3,(H,17,19). The lowest BCUT2D eigenvalue weighted by atomic mass is 10.1. The zero-order valence-corrected chi connectivity index (χ0v) is 11.8. The Kier molecular flexibility index (Phi) is 3.47. The molecule has 2 aliphatic heterocycles. The van der Waals surface area contributed by atoms with E-state index in [0.29, 0.717) is 23.2 Å². The van der Waals surface area contributed by atoms with Gasteiger partial charge in [-0.3, -0.25) is 19.3 Å². The molecule has 2 N–H and O–H groups in total. The van der Waals surface area contributed by atoms with E-state index in [9.17, 15) is 14.4 Å². The van der Waals surface area contributed by atoms with Gasteiger partial charge >= 0.3 is 0 Å². The molecule has 1 saturated heterocycles. The van der Waals surface area contributed by atoms with Gasteiger partial charge < -0.3 is 10.6 Å². The predicted molar refractivity (Wildman–Crippen MR) is 77.1 cm³/mol. The molecule has 6 heteroatoms. The van der Waals surface area contributed by atoms with Crippen molar-refractivity contribution in [2.24, 2.45) is 0 Å². The third-order valence-electron chi connectivity index (χ3n) is 3.97. The van der Waals surface area contributed by atoms with Gasteiger partial charge in [0.15, 0.2) is 0 Å². The number of hydrogen-bond donors (Lipinski definition) is 2. The Hall–Kier alpha value is -2.21. The van der Waals surface area contributed by atoms with Gasteiger partial charge in [0.1, 0.15) is 0 Å². The lowest BCUT2D eigenvalue weighted by Gasteiger charge is -2.10. The third-order valence-corrected chi connectivity index (χ3v) is 3.97. The number of carbonyl (C=O) groups is 3. The maximum absolute atomic E-state index is 12.0. The zero-order chi connectivity index (χ0) is 15.0. The minimum atomic E-state index is -0.330. The molecule has 1 aromatic rings. The lowest BCUT2D eigenvalue weighted by molar-refractivity contribution is -0.116. The molecule has 1 fully saturated rings. The first-order chi connectivity index (χ1) is 10.1. The number of anilines is 1. The van der Waals surface area contributed by atoms with Crippen molar-refractivity contribution in [3.8, 4) is 0 Å². The van der Waals surface area contributed by atoms with E-state index in [4.69, 9.17) is 0 Å². The van der Waals surface area contributed by atoms with Crippen molar-refractivity contribution in [1.82, 2.24) is 10.2 Å². The van der Waals surface area contributed by atoms with Crippen LogP contribution in [0, 0.1) is 0 Å². The molecule has 6 nitrogen and oxygen atoms in total. The Morgan fingerprint density at radius 3 is 2.81 bits per heavy atom. The zero-order valence-electron chi connectivity index (χ0n) is 11.8. The molecule has 3 rings (SSSR count). The Labute approximate surface area is 122 Å². The molecule has 0 bridgehead atoms. The van der Waals surface area contributed by atoms with Gasteiger partial charge in [-0.2, -0.15) is 0 Å². The summed E-state index contributed by atoms with van der Waals surface area (Å²) in [7, 11) is 1.45. The topological polar surface area (TPSA) is 78.5 Å². The number of nitrogens with one attached hydrogen (secondary N) is 2. The molecule has 0 radical (unpaired) electrons. The largest absolute Gasteiger partial charge is 0.326 e. The molecule has 21 heavy (non-hydrogen) atoms. The van der Waals surface area contributed by atoms with Crippen molar-refractivity contribution in [3.63, 3.8) is 0 Å². The fourth-order valence-corrected chi connectivity index (χ4v) is 2.81. The second-order valence-electron chi connectivity index (χ2n) is 5.48. The molecule has 1 atom stereocenters. The third kappa shape index (κ3) is 2.54. The van der Waals surface area contributed by atoms with Crippen LogP contribution in [0.4, 0.5) is 5.69 Å². The molecule has 1 aromatic carbocycles. The highest BCUT2D eigenvalue weighted by molar-refractivity contribution is 6.21. The van der Waals surface area contributed by atoms with Crippen molar-refractivity contribution in [1.29, 1.82) is 0 Å². The Bertz CT molecular complexity index is 621. The van der Waals surface area contributed by atoms with Crippen LogP contribution in [-0.2, 0) is 4.79 Å². The number of amides is 3. The maximum atomic E-state index is 12.0. The summed E-state index contributed by atoms with van der Waals surface area (Å²) in [5, 5.41) is 6.06. The molecule has 3 amide bonds. The van der Waals surface area contributed by atoms with Gasteiger partial charge in [-0.25, -0.2) is 0 Å². The van der Waals surface area contributed by atoms with Gasteiger partial charge in [0, 0.05) is 25.2 Å². The van der Waals surface area contributed by atoms with Crippen molar-refractivity contribution >= 4 is 23.4 Å². The number of benzene rings is 1. The first-order valence-corrected chi connectivity index (χ1v) is 7.06. The van der Waals surface area contributed by atoms with E-state index in [1.807, 2.05) is 0 Å². The lowest BCUT2D eigenvalue weighted by Crippen LogP contribution is -2.27. The summed E-state index contributed by atoms with van der Waals surface area (Å²) in [6.07, 6.45) is 2.53. The van der Waals surface area contributed by atoms with Crippen molar-refractivity contribution in [2.45, 2.75) is 25.3 Å². The van der Waals surface area contributed by atoms with Crippen LogP contribution in [0.3, 0.4) is 0 Å². The van der Waals surface area contributed by atoms with Crippen molar-refractivity contribution < 1.29 is 14.4 Å². The quantitative estimate of drug-likeness (QED) is 0.813. The monoisotopic (exact) mass is 287 g/mol. The van der Waals surface area contributed by atoms with Crippen molar-refractivity contribution in [3.05, 3.63) is 29.3 Å². The Morgan fingerprint density at radius 2 is 2.10 bits per heavy atom. The highest BCUT2D eigenvalue weighted by Crippen LogP contribution is 2.25. The van der Waals surface area contributed by atoms with Crippen LogP contribution < -0.4 is 10.6 Å². The second kappa shape index (κ2) is 5.29. The molecular weight excluding hydrogens is 270 g/mol. The fourth-order valence-electron chi connectivity index (χ4n) is 2.81. The summed E-state index contributed by atoms with van der Waals surface area (Å²) in [6, 6.07) is 5.04. The number of rotatable bonds is 3. The number of imide groups is 1. The summed E-state index contributed by atoms with van der Waals surface area (Å²) in [5.41, 5.74) is 1.28. The van der Waals surface area contributed by atoms with Gasteiger partial charge in [0.2, 0.25) is 5.91 Å². The Balaban J connectivity index is 1.71. The smallest absolute Gasteiger partial charge is 0.261 e. The van der Waals surface area contributed by atoms with E-state index in [0.717, 1.165) is 24.3 Å². The molecule has 0 aliphatic carbocycles. The molecule has 0 spiro atoms. The number of fused-ring (bicyclic) bond motifs is 1. The molecule has 110 valence electrons. The van der Waals surface area contributed by atoms with E-state index >= 15 is 0 Å². The summed E-state index contributed by atoms with van der Waals surface area (Å²) < 4.78 is 0. The molecule has 2 aliphatic rings. The number of nitrogens with zero attached hydrogens (tertiary/aromatic N) is 1. The van der Waals surface area contributed by atoms with E-state index in [1.54, 1.807) is 18.2 Å². The molecular formula is C15H17N3O3. The highest BCUT2D eigenvalue weighted by Gasteiger charge is 2.32. The van der Waals surface area contributed by atoms with Gasteiger partial charge in [-0.15, -0.1) is 0 Å². The molecule has 0 saturated carbocycles. The van der Waals surface area contributed by atoms with E-state index in [2.05, 4.69) is 10.6 Å². The summed E-state index contributed by atoms with van der Waals surface area (Å²) in [6.45, 7) is 0.958. The van der Waals surface area contributed by atoms with Crippen LogP contribution >= 0.6 is 0 Å². The normalized spacial score (nSPS) is 20.8. The van der Waals surface area contributed by atoms with Crippen molar-refractivity contribution in [2.75, 3.05) is 18.9 Å². The predicted octanol–water partition coefficient (Wildman–Crippen LogP) is 0.993. The minimum absolute atomic E-state index is 0.0838. The SMILES string of the molecule is CN1C(=O)c2ccc(NC(=O)CC3CCCN3)cc2C1=O. The maximum Gasteiger partial charge on any atom is 0.261 e. The van der Waals surface area contributed by atoms with Gasteiger partial charge in [0.05, 0.1) is 11.1 Å². The van der Waals surface area contributed by atoms with E-state index < -0.39 is 0 Å². The Morgan fingerprint density at radius 1 is 1.33 bits per heavy atom. The van der Waals surface area contributed by atoms with Crippen LogP contribution in [0.25, 0.3) is 0 Å². The summed E-state index contributed by atoms with van der Waals surface area (Å²) in [5.74, 6) is -0.717. The van der Waals surface area contributed by atoms with Crippen LogP contribution in [-0.4, -0.2) is 42.3 Å². The van der Waals surface area contributed by atoms with Gasteiger partial charge in [-0.1, -0.05) is 0 Å². The first kappa shape index (κ1) is 13.8. The number of carbonyl (C=O) groups excluding carboxylic acids is 3. The van der Waals surface area contributed by atoms with E-state index in [-0.39, 0.29) is 23.8 Å².